The molecular weight excluding hydrogens is 492 g/mol. The standard InChI is InChI=1S/C31H36N4O2S/c1-24-10-6-7-13-27(24)23-38-31-34-33-29(35(31)21-20-25-11-4-3-5-12-25)14-8-9-15-30(36)32-22-26-16-18-28(37-2)19-17-26/h3-7,10-13,16-19H,8-9,14-15,20-23H2,1-2H3,(H,32,36). The normalized spacial score (nSPS) is 10.9. The number of aromatic nitrogens is 3. The number of hydrogen-bond donors (Lipinski definition) is 1. The van der Waals surface area contributed by atoms with Gasteiger partial charge in [-0.25, -0.2) is 0 Å². The van der Waals surface area contributed by atoms with Crippen LogP contribution in [0.4, 0.5) is 0 Å². The molecule has 0 unspecified atom stereocenters. The summed E-state index contributed by atoms with van der Waals surface area (Å²) in [4.78, 5) is 12.4. The van der Waals surface area contributed by atoms with E-state index in [4.69, 9.17) is 4.74 Å². The molecule has 6 nitrogen and oxygen atoms in total. The summed E-state index contributed by atoms with van der Waals surface area (Å²) in [6, 6.07) is 26.8. The van der Waals surface area contributed by atoms with E-state index < -0.39 is 0 Å². The molecule has 4 aromatic rings. The van der Waals surface area contributed by atoms with Crippen molar-refractivity contribution >= 4 is 17.7 Å². The fourth-order valence-corrected chi connectivity index (χ4v) is 5.30. The fourth-order valence-electron chi connectivity index (χ4n) is 4.24. The van der Waals surface area contributed by atoms with Crippen LogP contribution in [-0.2, 0) is 36.5 Å². The zero-order chi connectivity index (χ0) is 26.6. The lowest BCUT2D eigenvalue weighted by Crippen LogP contribution is -2.22. The number of ether oxygens (including phenoxy) is 1. The van der Waals surface area contributed by atoms with E-state index >= 15 is 0 Å². The summed E-state index contributed by atoms with van der Waals surface area (Å²) in [6.45, 7) is 3.51. The van der Waals surface area contributed by atoms with E-state index in [1.165, 1.54) is 16.7 Å². The zero-order valence-electron chi connectivity index (χ0n) is 22.2. The van der Waals surface area contributed by atoms with E-state index in [-0.39, 0.29) is 5.91 Å². The van der Waals surface area contributed by atoms with Crippen molar-refractivity contribution in [1.82, 2.24) is 20.1 Å². The van der Waals surface area contributed by atoms with Crippen LogP contribution in [0.5, 0.6) is 5.75 Å². The number of rotatable bonds is 14. The molecule has 7 heteroatoms. The first kappa shape index (κ1) is 27.5. The Kier molecular flexibility index (Phi) is 10.4. The maximum absolute atomic E-state index is 12.4. The van der Waals surface area contributed by atoms with Gasteiger partial charge < -0.3 is 14.6 Å². The second-order valence-electron chi connectivity index (χ2n) is 9.33. The number of benzene rings is 3. The first-order chi connectivity index (χ1) is 18.6. The molecule has 4 rings (SSSR count). The predicted octanol–water partition coefficient (Wildman–Crippen LogP) is 6.16. The van der Waals surface area contributed by atoms with Gasteiger partial charge in [0.2, 0.25) is 5.91 Å². The van der Waals surface area contributed by atoms with Gasteiger partial charge in [0.05, 0.1) is 7.11 Å². The monoisotopic (exact) mass is 528 g/mol. The van der Waals surface area contributed by atoms with Crippen LogP contribution in [0.25, 0.3) is 0 Å². The number of thioether (sulfide) groups is 1. The molecule has 1 N–H and O–H groups in total. The smallest absolute Gasteiger partial charge is 0.220 e. The molecule has 198 valence electrons. The van der Waals surface area contributed by atoms with Crippen molar-refractivity contribution in [1.29, 1.82) is 0 Å². The molecule has 1 aromatic heterocycles. The molecule has 0 atom stereocenters. The van der Waals surface area contributed by atoms with Crippen molar-refractivity contribution in [2.45, 2.75) is 63.0 Å². The molecule has 1 amide bonds. The Morgan fingerprint density at radius 3 is 2.42 bits per heavy atom. The average Bonchev–Trinajstić information content (AvgIpc) is 3.34. The molecular formula is C31H36N4O2S. The summed E-state index contributed by atoms with van der Waals surface area (Å²) in [5, 5.41) is 13.1. The summed E-state index contributed by atoms with van der Waals surface area (Å²) in [6.07, 6.45) is 3.94. The number of aryl methyl sites for hydroxylation is 3. The highest BCUT2D eigenvalue weighted by Crippen LogP contribution is 2.24. The van der Waals surface area contributed by atoms with Gasteiger partial charge in [-0.05, 0) is 60.6 Å². The minimum absolute atomic E-state index is 0.0702. The van der Waals surface area contributed by atoms with Gasteiger partial charge in [-0.1, -0.05) is 78.5 Å². The van der Waals surface area contributed by atoms with Crippen LogP contribution >= 0.6 is 11.8 Å². The highest BCUT2D eigenvalue weighted by molar-refractivity contribution is 7.98. The largest absolute Gasteiger partial charge is 0.497 e. The minimum Gasteiger partial charge on any atom is -0.497 e. The van der Waals surface area contributed by atoms with Crippen LogP contribution in [0.2, 0.25) is 0 Å². The molecule has 0 bridgehead atoms. The lowest BCUT2D eigenvalue weighted by atomic mass is 10.1. The van der Waals surface area contributed by atoms with E-state index in [0.717, 1.165) is 60.3 Å². The number of methoxy groups -OCH3 is 1. The van der Waals surface area contributed by atoms with Crippen molar-refractivity contribution in [3.8, 4) is 5.75 Å². The molecule has 0 spiro atoms. The molecule has 0 fully saturated rings. The maximum Gasteiger partial charge on any atom is 0.220 e. The van der Waals surface area contributed by atoms with Crippen molar-refractivity contribution in [2.75, 3.05) is 7.11 Å². The summed E-state index contributed by atoms with van der Waals surface area (Å²) >= 11 is 1.74. The molecule has 0 aliphatic rings. The lowest BCUT2D eigenvalue weighted by molar-refractivity contribution is -0.121. The van der Waals surface area contributed by atoms with Crippen molar-refractivity contribution in [2.24, 2.45) is 0 Å². The quantitative estimate of drug-likeness (QED) is 0.157. The number of nitrogens with zero attached hydrogens (tertiary/aromatic N) is 3. The number of unbranched alkanes of at least 4 members (excludes halogenated alkanes) is 1. The van der Waals surface area contributed by atoms with Gasteiger partial charge in [-0.2, -0.15) is 0 Å². The molecule has 3 aromatic carbocycles. The number of carbonyl (C=O) groups excluding carboxylic acids is 1. The Bertz CT molecular complexity index is 1290. The fraction of sp³-hybridized carbons (Fsp3) is 0.323. The third kappa shape index (κ3) is 8.21. The maximum atomic E-state index is 12.4. The molecule has 0 aliphatic carbocycles. The van der Waals surface area contributed by atoms with Crippen molar-refractivity contribution in [3.05, 3.63) is 107 Å². The van der Waals surface area contributed by atoms with Gasteiger partial charge in [0.1, 0.15) is 11.6 Å². The Labute approximate surface area is 229 Å². The molecule has 0 aliphatic heterocycles. The third-order valence-corrected chi connectivity index (χ3v) is 7.60. The van der Waals surface area contributed by atoms with Crippen LogP contribution in [0.3, 0.4) is 0 Å². The van der Waals surface area contributed by atoms with Crippen LogP contribution < -0.4 is 10.1 Å². The van der Waals surface area contributed by atoms with Crippen molar-refractivity contribution < 1.29 is 9.53 Å². The number of nitrogens with one attached hydrogen (secondary N) is 1. The summed E-state index contributed by atoms with van der Waals surface area (Å²) in [7, 11) is 1.65. The number of amides is 1. The van der Waals surface area contributed by atoms with Gasteiger partial charge in [0, 0.05) is 31.7 Å². The zero-order valence-corrected chi connectivity index (χ0v) is 23.0. The molecule has 0 saturated carbocycles. The van der Waals surface area contributed by atoms with Crippen LogP contribution in [0.15, 0.2) is 84.0 Å². The van der Waals surface area contributed by atoms with E-state index in [0.29, 0.717) is 13.0 Å². The molecule has 0 saturated heterocycles. The highest BCUT2D eigenvalue weighted by atomic mass is 32.2. The van der Waals surface area contributed by atoms with Gasteiger partial charge in [-0.15, -0.1) is 10.2 Å². The van der Waals surface area contributed by atoms with E-state index in [9.17, 15) is 4.79 Å². The molecule has 0 radical (unpaired) electrons. The van der Waals surface area contributed by atoms with Gasteiger partial charge in [0.15, 0.2) is 5.16 Å². The Morgan fingerprint density at radius 1 is 0.895 bits per heavy atom. The molecule has 1 heterocycles. The van der Waals surface area contributed by atoms with Crippen LogP contribution in [0, 0.1) is 6.92 Å². The van der Waals surface area contributed by atoms with E-state index in [1.54, 1.807) is 18.9 Å². The minimum atomic E-state index is 0.0702. The first-order valence-corrected chi connectivity index (χ1v) is 14.1. The second-order valence-corrected chi connectivity index (χ2v) is 10.3. The predicted molar refractivity (Wildman–Crippen MR) is 153 cm³/mol. The average molecular weight is 529 g/mol. The Balaban J connectivity index is 1.30. The number of carbonyl (C=O) groups is 1. The third-order valence-electron chi connectivity index (χ3n) is 6.58. The Morgan fingerprint density at radius 2 is 1.66 bits per heavy atom. The highest BCUT2D eigenvalue weighted by Gasteiger charge is 2.14. The first-order valence-electron chi connectivity index (χ1n) is 13.2. The van der Waals surface area contributed by atoms with Crippen LogP contribution in [0.1, 0.15) is 47.3 Å². The van der Waals surface area contributed by atoms with Gasteiger partial charge in [0.25, 0.3) is 0 Å². The summed E-state index contributed by atoms with van der Waals surface area (Å²) < 4.78 is 7.45. The van der Waals surface area contributed by atoms with E-state index in [1.807, 2.05) is 30.3 Å². The summed E-state index contributed by atoms with van der Waals surface area (Å²) in [5.74, 6) is 2.74. The SMILES string of the molecule is COc1ccc(CNC(=O)CCCCc2nnc(SCc3ccccc3C)n2CCc2ccccc2)cc1. The lowest BCUT2D eigenvalue weighted by Gasteiger charge is -2.11. The Hall–Kier alpha value is -3.58. The summed E-state index contributed by atoms with van der Waals surface area (Å²) in [5.41, 5.74) is 4.97. The van der Waals surface area contributed by atoms with Crippen LogP contribution in [-0.4, -0.2) is 27.8 Å². The number of hydrogen-bond acceptors (Lipinski definition) is 5. The van der Waals surface area contributed by atoms with Gasteiger partial charge >= 0.3 is 0 Å². The van der Waals surface area contributed by atoms with Gasteiger partial charge in [-0.3, -0.25) is 4.79 Å². The topological polar surface area (TPSA) is 69.0 Å². The second kappa shape index (κ2) is 14.4. The van der Waals surface area contributed by atoms with Crippen molar-refractivity contribution in [3.63, 3.8) is 0 Å². The van der Waals surface area contributed by atoms with E-state index in [2.05, 4.69) is 75.5 Å². The molecule has 38 heavy (non-hydrogen) atoms.